The maximum Gasteiger partial charge on any atom is 0.0493 e. The van der Waals surface area contributed by atoms with Gasteiger partial charge >= 0.3 is 0 Å². The van der Waals surface area contributed by atoms with Crippen LogP contribution in [-0.4, -0.2) is 9.78 Å². The highest BCUT2D eigenvalue weighted by Crippen LogP contribution is 2.01. The van der Waals surface area contributed by atoms with Crippen LogP contribution in [0.2, 0.25) is 0 Å². The van der Waals surface area contributed by atoms with Crippen molar-refractivity contribution in [1.29, 1.82) is 0 Å². The van der Waals surface area contributed by atoms with E-state index in [4.69, 9.17) is 0 Å². The summed E-state index contributed by atoms with van der Waals surface area (Å²) in [5.41, 5.74) is 1.03. The van der Waals surface area contributed by atoms with Crippen molar-refractivity contribution in [2.24, 2.45) is 0 Å². The van der Waals surface area contributed by atoms with Gasteiger partial charge in [0.25, 0.3) is 0 Å². The van der Waals surface area contributed by atoms with Gasteiger partial charge in [-0.05, 0) is 12.5 Å². The van der Waals surface area contributed by atoms with Crippen LogP contribution < -0.4 is 0 Å². The molecule has 0 saturated heterocycles. The van der Waals surface area contributed by atoms with Gasteiger partial charge in [0.1, 0.15) is 0 Å². The van der Waals surface area contributed by atoms with Crippen LogP contribution in [-0.2, 0) is 0 Å². The van der Waals surface area contributed by atoms with Crippen LogP contribution in [0.15, 0.2) is 25.0 Å². The minimum absolute atomic E-state index is 0.946. The van der Waals surface area contributed by atoms with Crippen molar-refractivity contribution in [3.8, 4) is 0 Å². The molecule has 48 valence electrons. The van der Waals surface area contributed by atoms with Gasteiger partial charge in [0, 0.05) is 18.1 Å². The van der Waals surface area contributed by atoms with Crippen molar-refractivity contribution in [2.75, 3.05) is 0 Å². The van der Waals surface area contributed by atoms with Crippen molar-refractivity contribution >= 4 is 5.70 Å². The lowest BCUT2D eigenvalue weighted by Gasteiger charge is -1.98. The predicted molar refractivity (Wildman–Crippen MR) is 37.8 cm³/mol. The first kappa shape index (κ1) is 6.08. The highest BCUT2D eigenvalue weighted by molar-refractivity contribution is 5.38. The van der Waals surface area contributed by atoms with Crippen molar-refractivity contribution in [3.05, 3.63) is 25.0 Å². The van der Waals surface area contributed by atoms with E-state index in [-0.39, 0.29) is 0 Å². The second kappa shape index (κ2) is 2.49. The second-order valence-corrected chi connectivity index (χ2v) is 1.87. The van der Waals surface area contributed by atoms with Crippen LogP contribution in [0.25, 0.3) is 5.70 Å². The molecule has 0 amide bonds. The Balaban J connectivity index is 2.77. The zero-order valence-corrected chi connectivity index (χ0v) is 5.54. The van der Waals surface area contributed by atoms with Gasteiger partial charge < -0.3 is 0 Å². The van der Waals surface area contributed by atoms with Crippen molar-refractivity contribution < 1.29 is 0 Å². The predicted octanol–water partition coefficient (Wildman–Crippen LogP) is 1.76. The van der Waals surface area contributed by atoms with Crippen LogP contribution in [0.4, 0.5) is 0 Å². The molecule has 0 aliphatic carbocycles. The van der Waals surface area contributed by atoms with E-state index in [0.717, 1.165) is 12.1 Å². The first-order valence-electron chi connectivity index (χ1n) is 3.02. The van der Waals surface area contributed by atoms with Gasteiger partial charge in [0.15, 0.2) is 0 Å². The molecule has 0 spiro atoms. The maximum absolute atomic E-state index is 4.00. The van der Waals surface area contributed by atoms with E-state index in [0.29, 0.717) is 0 Å². The molecule has 0 bridgehead atoms. The Hall–Kier alpha value is -1.05. The molecule has 1 rings (SSSR count). The third-order valence-electron chi connectivity index (χ3n) is 1.24. The molecular formula is C7H10N2. The number of allylic oxidation sites excluding steroid dienone is 1. The lowest BCUT2D eigenvalue weighted by atomic mass is 10.4. The molecule has 0 saturated carbocycles. The number of hydrogen-bond acceptors (Lipinski definition) is 1. The first-order chi connectivity index (χ1) is 4.34. The van der Waals surface area contributed by atoms with E-state index in [1.165, 1.54) is 0 Å². The van der Waals surface area contributed by atoms with Crippen molar-refractivity contribution in [1.82, 2.24) is 9.78 Å². The van der Waals surface area contributed by atoms with E-state index >= 15 is 0 Å². The van der Waals surface area contributed by atoms with E-state index in [1.807, 2.05) is 12.3 Å². The Labute approximate surface area is 54.8 Å². The normalized spacial score (nSPS) is 9.44. The molecule has 0 unspecified atom stereocenters. The summed E-state index contributed by atoms with van der Waals surface area (Å²) in [5, 5.41) is 4.00. The summed E-state index contributed by atoms with van der Waals surface area (Å²) >= 11 is 0. The largest absolute Gasteiger partial charge is 0.246 e. The van der Waals surface area contributed by atoms with Gasteiger partial charge in [0.2, 0.25) is 0 Å². The minimum atomic E-state index is 0.946. The minimum Gasteiger partial charge on any atom is -0.246 e. The summed E-state index contributed by atoms with van der Waals surface area (Å²) in [4.78, 5) is 0. The average Bonchev–Trinajstić information content (AvgIpc) is 2.37. The fourth-order valence-electron chi connectivity index (χ4n) is 0.618. The molecule has 2 heteroatoms. The molecule has 0 N–H and O–H groups in total. The summed E-state index contributed by atoms with van der Waals surface area (Å²) in [5.74, 6) is 0. The van der Waals surface area contributed by atoms with Gasteiger partial charge in [-0.2, -0.15) is 5.10 Å². The van der Waals surface area contributed by atoms with E-state index in [9.17, 15) is 0 Å². The van der Waals surface area contributed by atoms with E-state index < -0.39 is 0 Å². The molecule has 0 aliphatic rings. The molecule has 0 radical (unpaired) electrons. The van der Waals surface area contributed by atoms with Gasteiger partial charge in [-0.15, -0.1) is 0 Å². The summed E-state index contributed by atoms with van der Waals surface area (Å²) in [6.07, 6.45) is 4.59. The number of hydrogen-bond donors (Lipinski definition) is 0. The van der Waals surface area contributed by atoms with Crippen molar-refractivity contribution in [2.45, 2.75) is 13.3 Å². The Morgan fingerprint density at radius 1 is 1.78 bits per heavy atom. The van der Waals surface area contributed by atoms with Crippen LogP contribution in [0.3, 0.4) is 0 Å². The molecule has 2 nitrogen and oxygen atoms in total. The monoisotopic (exact) mass is 122 g/mol. The molecule has 0 fully saturated rings. The Bertz CT molecular complexity index is 187. The van der Waals surface area contributed by atoms with Crippen LogP contribution >= 0.6 is 0 Å². The third kappa shape index (κ3) is 1.19. The average molecular weight is 122 g/mol. The van der Waals surface area contributed by atoms with Crippen LogP contribution in [0.5, 0.6) is 0 Å². The highest BCUT2D eigenvalue weighted by Gasteiger charge is 1.89. The molecule has 0 aromatic carbocycles. The zero-order chi connectivity index (χ0) is 6.69. The smallest absolute Gasteiger partial charge is 0.0493 e. The van der Waals surface area contributed by atoms with Gasteiger partial charge in [0.05, 0.1) is 0 Å². The molecule has 0 aliphatic heterocycles. The summed E-state index contributed by atoms with van der Waals surface area (Å²) < 4.78 is 1.78. The van der Waals surface area contributed by atoms with Gasteiger partial charge in [-0.3, -0.25) is 0 Å². The highest BCUT2D eigenvalue weighted by atomic mass is 15.3. The summed E-state index contributed by atoms with van der Waals surface area (Å²) in [6, 6.07) is 1.89. The molecule has 9 heavy (non-hydrogen) atoms. The molecule has 1 aromatic rings. The van der Waals surface area contributed by atoms with Gasteiger partial charge in [-0.25, -0.2) is 4.68 Å². The maximum atomic E-state index is 4.00. The van der Waals surface area contributed by atoms with Crippen LogP contribution in [0, 0.1) is 0 Å². The molecular weight excluding hydrogens is 112 g/mol. The topological polar surface area (TPSA) is 17.8 Å². The standard InChI is InChI=1S/C7H10N2/c1-3-7(2)9-6-4-5-8-9/h4-6H,2-3H2,1H3. The van der Waals surface area contributed by atoms with E-state index in [1.54, 1.807) is 10.9 Å². The first-order valence-corrected chi connectivity index (χ1v) is 3.02. The summed E-state index contributed by atoms with van der Waals surface area (Å²) in [6.45, 7) is 5.88. The van der Waals surface area contributed by atoms with E-state index in [2.05, 4.69) is 18.6 Å². The Morgan fingerprint density at radius 3 is 3.00 bits per heavy atom. The third-order valence-corrected chi connectivity index (χ3v) is 1.24. The Kier molecular flexibility index (Phi) is 1.68. The lowest BCUT2D eigenvalue weighted by molar-refractivity contribution is 0.868. The zero-order valence-electron chi connectivity index (χ0n) is 5.54. The number of rotatable bonds is 2. The second-order valence-electron chi connectivity index (χ2n) is 1.87. The Morgan fingerprint density at radius 2 is 2.56 bits per heavy atom. The fourth-order valence-corrected chi connectivity index (χ4v) is 0.618. The molecule has 1 aromatic heterocycles. The molecule has 1 heterocycles. The molecule has 0 atom stereocenters. The van der Waals surface area contributed by atoms with Gasteiger partial charge in [-0.1, -0.05) is 13.5 Å². The number of aromatic nitrogens is 2. The number of nitrogens with zero attached hydrogens (tertiary/aromatic N) is 2. The van der Waals surface area contributed by atoms with Crippen molar-refractivity contribution in [3.63, 3.8) is 0 Å². The lowest BCUT2D eigenvalue weighted by Crippen LogP contribution is -1.93. The summed E-state index contributed by atoms with van der Waals surface area (Å²) in [7, 11) is 0. The SMILES string of the molecule is C=C(CC)n1cccn1. The fraction of sp³-hybridized carbons (Fsp3) is 0.286. The van der Waals surface area contributed by atoms with Crippen LogP contribution in [0.1, 0.15) is 13.3 Å². The quantitative estimate of drug-likeness (QED) is 0.584.